The van der Waals surface area contributed by atoms with Crippen LogP contribution in [0.15, 0.2) is 35.0 Å². The summed E-state index contributed by atoms with van der Waals surface area (Å²) in [4.78, 5) is 22.5. The monoisotopic (exact) mass is 260 g/mol. The van der Waals surface area contributed by atoms with E-state index in [0.717, 1.165) is 0 Å². The molecule has 0 spiro atoms. The molecule has 1 amide bonds. The second-order valence-electron chi connectivity index (χ2n) is 4.02. The van der Waals surface area contributed by atoms with Gasteiger partial charge in [-0.25, -0.2) is 0 Å². The van der Waals surface area contributed by atoms with Gasteiger partial charge in [0.2, 0.25) is 0 Å². The molecule has 0 aliphatic heterocycles. The number of benzene rings is 1. The number of carboxylic acids is 1. The third-order valence-electron chi connectivity index (χ3n) is 2.54. The zero-order valence-electron chi connectivity index (χ0n) is 10.2. The van der Waals surface area contributed by atoms with Gasteiger partial charge in [-0.15, -0.1) is 0 Å². The molecule has 1 aromatic carbocycles. The second-order valence-corrected chi connectivity index (χ2v) is 4.02. The van der Waals surface area contributed by atoms with Gasteiger partial charge >= 0.3 is 5.97 Å². The quantitative estimate of drug-likeness (QED) is 0.875. The number of aromatic nitrogens is 1. The molecule has 6 nitrogen and oxygen atoms in total. The van der Waals surface area contributed by atoms with Crippen LogP contribution in [0.2, 0.25) is 0 Å². The zero-order chi connectivity index (χ0) is 13.8. The number of hydrogen-bond donors (Lipinski definition) is 2. The van der Waals surface area contributed by atoms with Crippen molar-refractivity contribution >= 4 is 17.6 Å². The predicted molar refractivity (Wildman–Crippen MR) is 67.0 cm³/mol. The Kier molecular flexibility index (Phi) is 3.61. The van der Waals surface area contributed by atoms with Crippen molar-refractivity contribution < 1.29 is 19.2 Å². The first-order valence-electron chi connectivity index (χ1n) is 5.59. The Morgan fingerprint density at radius 1 is 1.42 bits per heavy atom. The van der Waals surface area contributed by atoms with Crippen LogP contribution in [0.25, 0.3) is 0 Å². The molecule has 1 aromatic heterocycles. The third-order valence-corrected chi connectivity index (χ3v) is 2.54. The van der Waals surface area contributed by atoms with E-state index in [1.807, 2.05) is 0 Å². The number of amides is 1. The van der Waals surface area contributed by atoms with E-state index in [0.29, 0.717) is 22.6 Å². The fourth-order valence-corrected chi connectivity index (χ4v) is 1.65. The number of rotatable bonds is 4. The van der Waals surface area contributed by atoms with Gasteiger partial charge in [-0.1, -0.05) is 17.3 Å². The summed E-state index contributed by atoms with van der Waals surface area (Å²) in [6.07, 6.45) is 1.25. The van der Waals surface area contributed by atoms with Crippen LogP contribution in [-0.4, -0.2) is 22.1 Å². The van der Waals surface area contributed by atoms with Gasteiger partial charge in [0.15, 0.2) is 0 Å². The highest BCUT2D eigenvalue weighted by molar-refractivity contribution is 6.04. The molecule has 0 radical (unpaired) electrons. The maximum atomic E-state index is 11.9. The van der Waals surface area contributed by atoms with Gasteiger partial charge in [0.1, 0.15) is 11.3 Å². The van der Waals surface area contributed by atoms with Crippen molar-refractivity contribution in [1.82, 2.24) is 5.16 Å². The summed E-state index contributed by atoms with van der Waals surface area (Å²) in [5.74, 6) is -0.830. The molecule has 0 atom stereocenters. The number of carbonyl (C=O) groups excluding carboxylic acids is 1. The Balaban J connectivity index is 2.13. The molecule has 0 fully saturated rings. The Hall–Kier alpha value is -2.63. The van der Waals surface area contributed by atoms with Crippen LogP contribution in [0.5, 0.6) is 0 Å². The summed E-state index contributed by atoms with van der Waals surface area (Å²) in [6.45, 7) is 1.64. The minimum atomic E-state index is -0.918. The van der Waals surface area contributed by atoms with Crippen molar-refractivity contribution in [1.29, 1.82) is 0 Å². The van der Waals surface area contributed by atoms with Crippen molar-refractivity contribution in [3.05, 3.63) is 47.3 Å². The van der Waals surface area contributed by atoms with Gasteiger partial charge in [-0.05, 0) is 24.6 Å². The predicted octanol–water partition coefficient (Wildman–Crippen LogP) is 1.86. The number of nitrogens with zero attached hydrogens (tertiary/aromatic N) is 1. The lowest BCUT2D eigenvalue weighted by molar-refractivity contribution is -0.136. The summed E-state index contributed by atoms with van der Waals surface area (Å²) in [6, 6.07) is 6.68. The lowest BCUT2D eigenvalue weighted by Crippen LogP contribution is -2.12. The van der Waals surface area contributed by atoms with E-state index < -0.39 is 5.97 Å². The van der Waals surface area contributed by atoms with E-state index in [9.17, 15) is 9.59 Å². The third kappa shape index (κ3) is 3.19. The lowest BCUT2D eigenvalue weighted by atomic mass is 10.1. The van der Waals surface area contributed by atoms with Crippen LogP contribution in [-0.2, 0) is 11.2 Å². The maximum Gasteiger partial charge on any atom is 0.307 e. The molecule has 0 aliphatic carbocycles. The zero-order valence-corrected chi connectivity index (χ0v) is 10.2. The van der Waals surface area contributed by atoms with Gasteiger partial charge in [0.25, 0.3) is 5.91 Å². The summed E-state index contributed by atoms with van der Waals surface area (Å²) in [7, 11) is 0. The van der Waals surface area contributed by atoms with Crippen LogP contribution in [0.4, 0.5) is 5.69 Å². The summed E-state index contributed by atoms with van der Waals surface area (Å²) in [5.41, 5.74) is 1.50. The van der Waals surface area contributed by atoms with Crippen molar-refractivity contribution in [2.24, 2.45) is 0 Å². The molecule has 2 aromatic rings. The van der Waals surface area contributed by atoms with Gasteiger partial charge in [0, 0.05) is 5.69 Å². The molecule has 19 heavy (non-hydrogen) atoms. The average Bonchev–Trinajstić information content (AvgIpc) is 2.75. The smallest absolute Gasteiger partial charge is 0.307 e. The highest BCUT2D eigenvalue weighted by Crippen LogP contribution is 2.14. The molecule has 0 saturated carbocycles. The van der Waals surface area contributed by atoms with Gasteiger partial charge in [-0.2, -0.15) is 0 Å². The SMILES string of the molecule is Cc1oncc1C(=O)Nc1cccc(CC(=O)O)c1. The molecule has 0 saturated heterocycles. The number of carbonyl (C=O) groups is 2. The van der Waals surface area contributed by atoms with E-state index >= 15 is 0 Å². The molecular weight excluding hydrogens is 248 g/mol. The number of nitrogens with one attached hydrogen (secondary N) is 1. The van der Waals surface area contributed by atoms with Crippen molar-refractivity contribution in [2.75, 3.05) is 5.32 Å². The van der Waals surface area contributed by atoms with Gasteiger partial charge in [0.05, 0.1) is 12.6 Å². The highest BCUT2D eigenvalue weighted by atomic mass is 16.5. The number of aliphatic carboxylic acids is 1. The number of hydrogen-bond acceptors (Lipinski definition) is 4. The summed E-state index contributed by atoms with van der Waals surface area (Å²) < 4.78 is 4.81. The fourth-order valence-electron chi connectivity index (χ4n) is 1.65. The van der Waals surface area contributed by atoms with Crippen LogP contribution in [0, 0.1) is 6.92 Å². The molecular formula is C13H12N2O4. The molecule has 1 heterocycles. The van der Waals surface area contributed by atoms with E-state index in [4.69, 9.17) is 9.63 Å². The number of anilines is 1. The van der Waals surface area contributed by atoms with Crippen LogP contribution in [0.3, 0.4) is 0 Å². The molecule has 0 bridgehead atoms. The number of carboxylic acid groups (broad SMARTS) is 1. The lowest BCUT2D eigenvalue weighted by Gasteiger charge is -2.05. The topological polar surface area (TPSA) is 92.4 Å². The minimum absolute atomic E-state index is 0.0873. The van der Waals surface area contributed by atoms with E-state index in [1.165, 1.54) is 6.20 Å². The van der Waals surface area contributed by atoms with E-state index in [-0.39, 0.29) is 12.3 Å². The Bertz CT molecular complexity index is 619. The Morgan fingerprint density at radius 3 is 2.84 bits per heavy atom. The van der Waals surface area contributed by atoms with Gasteiger partial charge in [-0.3, -0.25) is 9.59 Å². The molecule has 0 aliphatic rings. The first-order valence-corrected chi connectivity index (χ1v) is 5.59. The highest BCUT2D eigenvalue weighted by Gasteiger charge is 2.13. The largest absolute Gasteiger partial charge is 0.481 e. The molecule has 2 rings (SSSR count). The van der Waals surface area contributed by atoms with Crippen LogP contribution in [0.1, 0.15) is 21.7 Å². The Morgan fingerprint density at radius 2 is 2.21 bits per heavy atom. The molecule has 6 heteroatoms. The average molecular weight is 260 g/mol. The standard InChI is InChI=1S/C13H12N2O4/c1-8-11(7-14-19-8)13(18)15-10-4-2-3-9(5-10)6-12(16)17/h2-5,7H,6H2,1H3,(H,15,18)(H,16,17). The summed E-state index contributed by atoms with van der Waals surface area (Å²) >= 11 is 0. The van der Waals surface area contributed by atoms with Crippen molar-refractivity contribution in [3.8, 4) is 0 Å². The van der Waals surface area contributed by atoms with Gasteiger partial charge < -0.3 is 14.9 Å². The van der Waals surface area contributed by atoms with Crippen molar-refractivity contribution in [3.63, 3.8) is 0 Å². The van der Waals surface area contributed by atoms with Crippen LogP contribution >= 0.6 is 0 Å². The molecule has 0 unspecified atom stereocenters. The van der Waals surface area contributed by atoms with E-state index in [2.05, 4.69) is 10.5 Å². The van der Waals surface area contributed by atoms with E-state index in [1.54, 1.807) is 31.2 Å². The first-order chi connectivity index (χ1) is 9.06. The molecule has 2 N–H and O–H groups in total. The molecule has 98 valence electrons. The maximum absolute atomic E-state index is 11.9. The number of aryl methyl sites for hydroxylation is 1. The fraction of sp³-hybridized carbons (Fsp3) is 0.154. The Labute approximate surface area is 109 Å². The normalized spacial score (nSPS) is 10.2. The van der Waals surface area contributed by atoms with Crippen LogP contribution < -0.4 is 5.32 Å². The summed E-state index contributed by atoms with van der Waals surface area (Å²) in [5, 5.41) is 14.9. The van der Waals surface area contributed by atoms with Crippen molar-refractivity contribution in [2.45, 2.75) is 13.3 Å². The first kappa shape index (κ1) is 12.8. The second kappa shape index (κ2) is 5.34. The minimum Gasteiger partial charge on any atom is -0.481 e.